The highest BCUT2D eigenvalue weighted by Crippen LogP contribution is 2.19. The zero-order chi connectivity index (χ0) is 12.8. The van der Waals surface area contributed by atoms with Gasteiger partial charge in [0, 0.05) is 11.6 Å². The predicted molar refractivity (Wildman–Crippen MR) is 71.0 cm³/mol. The molecule has 2 rings (SSSR count). The molecule has 1 heterocycles. The lowest BCUT2D eigenvalue weighted by atomic mass is 10.2. The van der Waals surface area contributed by atoms with Crippen LogP contribution in [0.4, 0.5) is 4.39 Å². The van der Waals surface area contributed by atoms with E-state index < -0.39 is 0 Å². The molecule has 0 fully saturated rings. The summed E-state index contributed by atoms with van der Waals surface area (Å²) in [6.45, 7) is 0.718. The van der Waals surface area contributed by atoms with Crippen molar-refractivity contribution in [2.24, 2.45) is 5.73 Å². The van der Waals surface area contributed by atoms with Gasteiger partial charge in [-0.15, -0.1) is 11.3 Å². The Morgan fingerprint density at radius 3 is 3.00 bits per heavy atom. The van der Waals surface area contributed by atoms with E-state index in [-0.39, 0.29) is 5.82 Å². The molecule has 0 saturated carbocycles. The summed E-state index contributed by atoms with van der Waals surface area (Å²) in [5.41, 5.74) is 6.25. The van der Waals surface area contributed by atoms with Crippen LogP contribution in [0.1, 0.15) is 10.4 Å². The average Bonchev–Trinajstić information content (AvgIpc) is 2.81. The second-order valence-electron chi connectivity index (χ2n) is 3.51. The molecule has 2 N–H and O–H groups in total. The van der Waals surface area contributed by atoms with Crippen LogP contribution in [0.2, 0.25) is 0 Å². The summed E-state index contributed by atoms with van der Waals surface area (Å²) < 4.78 is 18.5. The van der Waals surface area contributed by atoms with E-state index in [1.165, 1.54) is 12.1 Å². The van der Waals surface area contributed by atoms with Gasteiger partial charge < -0.3 is 10.5 Å². The van der Waals surface area contributed by atoms with Crippen molar-refractivity contribution in [1.29, 1.82) is 0 Å². The van der Waals surface area contributed by atoms with E-state index in [9.17, 15) is 4.39 Å². The van der Waals surface area contributed by atoms with Gasteiger partial charge in [-0.2, -0.15) is 0 Å². The third-order valence-corrected chi connectivity index (χ3v) is 3.13. The number of ether oxygens (including phenoxy) is 1. The largest absolute Gasteiger partial charge is 0.488 e. The van der Waals surface area contributed by atoms with Crippen molar-refractivity contribution in [2.75, 3.05) is 6.54 Å². The Morgan fingerprint density at radius 1 is 1.33 bits per heavy atom. The summed E-state index contributed by atoms with van der Waals surface area (Å²) in [5, 5.41) is 1.95. The van der Waals surface area contributed by atoms with Gasteiger partial charge in [0.15, 0.2) is 0 Å². The number of hydrogen-bond acceptors (Lipinski definition) is 3. The molecule has 92 valence electrons. The number of nitrogens with two attached hydrogens (primary N) is 1. The molecule has 0 unspecified atom stereocenters. The summed E-state index contributed by atoms with van der Waals surface area (Å²) in [6.07, 6.45) is 0. The van der Waals surface area contributed by atoms with Gasteiger partial charge in [0.1, 0.15) is 18.2 Å². The van der Waals surface area contributed by atoms with Crippen LogP contribution >= 0.6 is 11.3 Å². The van der Waals surface area contributed by atoms with Crippen LogP contribution in [0.15, 0.2) is 35.7 Å². The SMILES string of the molecule is NCC#Cc1ccsc1COc1cccc(F)c1. The molecule has 0 amide bonds. The highest BCUT2D eigenvalue weighted by atomic mass is 32.1. The number of halogens is 1. The Morgan fingerprint density at radius 2 is 2.22 bits per heavy atom. The van der Waals surface area contributed by atoms with Crippen molar-refractivity contribution in [3.05, 3.63) is 52.0 Å². The topological polar surface area (TPSA) is 35.2 Å². The Labute approximate surface area is 109 Å². The third kappa shape index (κ3) is 3.33. The molecule has 2 nitrogen and oxygen atoms in total. The zero-order valence-electron chi connectivity index (χ0n) is 9.65. The van der Waals surface area contributed by atoms with Crippen molar-refractivity contribution in [3.63, 3.8) is 0 Å². The lowest BCUT2D eigenvalue weighted by molar-refractivity contribution is 0.308. The molecule has 2 aromatic rings. The van der Waals surface area contributed by atoms with Gasteiger partial charge >= 0.3 is 0 Å². The molecule has 4 heteroatoms. The highest BCUT2D eigenvalue weighted by molar-refractivity contribution is 7.10. The fraction of sp³-hybridized carbons (Fsp3) is 0.143. The first kappa shape index (κ1) is 12.6. The van der Waals surface area contributed by atoms with Gasteiger partial charge in [0.25, 0.3) is 0 Å². The minimum absolute atomic E-state index is 0.304. The van der Waals surface area contributed by atoms with Crippen LogP contribution < -0.4 is 10.5 Å². The van der Waals surface area contributed by atoms with Crippen LogP contribution in [0.25, 0.3) is 0 Å². The normalized spacial score (nSPS) is 9.67. The predicted octanol–water partition coefficient (Wildman–Crippen LogP) is 2.78. The molecule has 0 spiro atoms. The van der Waals surface area contributed by atoms with E-state index in [1.54, 1.807) is 23.5 Å². The van der Waals surface area contributed by atoms with Gasteiger partial charge in [0.05, 0.1) is 11.4 Å². The number of benzene rings is 1. The van der Waals surface area contributed by atoms with Crippen LogP contribution in [-0.4, -0.2) is 6.54 Å². The van der Waals surface area contributed by atoms with E-state index in [0.717, 1.165) is 10.4 Å². The fourth-order valence-corrected chi connectivity index (χ4v) is 2.16. The molecular weight excluding hydrogens is 249 g/mol. The zero-order valence-corrected chi connectivity index (χ0v) is 10.5. The summed E-state index contributed by atoms with van der Waals surface area (Å²) in [7, 11) is 0. The van der Waals surface area contributed by atoms with Gasteiger partial charge in [-0.25, -0.2) is 4.39 Å². The molecule has 0 aliphatic heterocycles. The first-order valence-electron chi connectivity index (χ1n) is 5.43. The quantitative estimate of drug-likeness (QED) is 0.862. The van der Waals surface area contributed by atoms with Gasteiger partial charge in [-0.1, -0.05) is 17.9 Å². The first-order chi connectivity index (χ1) is 8.79. The summed E-state index contributed by atoms with van der Waals surface area (Å²) in [6, 6.07) is 8.02. The lowest BCUT2D eigenvalue weighted by Gasteiger charge is -2.04. The van der Waals surface area contributed by atoms with E-state index in [1.807, 2.05) is 11.4 Å². The summed E-state index contributed by atoms with van der Waals surface area (Å²) in [5.74, 6) is 6.00. The Hall–Kier alpha value is -1.83. The van der Waals surface area contributed by atoms with Crippen LogP contribution in [0.5, 0.6) is 5.75 Å². The number of thiophene rings is 1. The third-order valence-electron chi connectivity index (χ3n) is 2.24. The molecule has 0 bridgehead atoms. The molecule has 0 saturated heterocycles. The van der Waals surface area contributed by atoms with E-state index >= 15 is 0 Å². The van der Waals surface area contributed by atoms with E-state index in [0.29, 0.717) is 18.9 Å². The maximum absolute atomic E-state index is 13.0. The Balaban J connectivity index is 2.04. The molecule has 0 radical (unpaired) electrons. The summed E-state index contributed by atoms with van der Waals surface area (Å²) >= 11 is 1.56. The average molecular weight is 261 g/mol. The second kappa shape index (κ2) is 6.20. The van der Waals surface area contributed by atoms with Crippen LogP contribution in [-0.2, 0) is 6.61 Å². The number of hydrogen-bond donors (Lipinski definition) is 1. The molecule has 1 aromatic carbocycles. The van der Waals surface area contributed by atoms with Gasteiger partial charge in [-0.05, 0) is 23.6 Å². The molecule has 0 aliphatic carbocycles. The highest BCUT2D eigenvalue weighted by Gasteiger charge is 2.03. The monoisotopic (exact) mass is 261 g/mol. The second-order valence-corrected chi connectivity index (χ2v) is 4.51. The minimum atomic E-state index is -0.304. The van der Waals surface area contributed by atoms with Crippen LogP contribution in [0.3, 0.4) is 0 Å². The first-order valence-corrected chi connectivity index (χ1v) is 6.31. The van der Waals surface area contributed by atoms with Crippen molar-refractivity contribution < 1.29 is 9.13 Å². The molecule has 0 atom stereocenters. The number of rotatable bonds is 3. The van der Waals surface area contributed by atoms with Crippen LogP contribution in [0, 0.1) is 17.7 Å². The van der Waals surface area contributed by atoms with Crippen molar-refractivity contribution in [1.82, 2.24) is 0 Å². The van der Waals surface area contributed by atoms with Gasteiger partial charge in [-0.3, -0.25) is 0 Å². The summed E-state index contributed by atoms with van der Waals surface area (Å²) in [4.78, 5) is 1.01. The van der Waals surface area contributed by atoms with Crippen molar-refractivity contribution in [2.45, 2.75) is 6.61 Å². The smallest absolute Gasteiger partial charge is 0.126 e. The maximum atomic E-state index is 13.0. The standard InChI is InChI=1S/C14H12FNOS/c15-12-4-1-5-13(9-12)17-10-14-11(3-2-7-16)6-8-18-14/h1,4-6,8-9H,7,10,16H2. The molecule has 1 aromatic heterocycles. The Kier molecular flexibility index (Phi) is 4.35. The maximum Gasteiger partial charge on any atom is 0.126 e. The lowest BCUT2D eigenvalue weighted by Crippen LogP contribution is -1.96. The molecule has 0 aliphatic rings. The van der Waals surface area contributed by atoms with Crippen molar-refractivity contribution in [3.8, 4) is 17.6 Å². The van der Waals surface area contributed by atoms with E-state index in [2.05, 4.69) is 11.8 Å². The van der Waals surface area contributed by atoms with Crippen molar-refractivity contribution >= 4 is 11.3 Å². The van der Waals surface area contributed by atoms with Gasteiger partial charge in [0.2, 0.25) is 0 Å². The molecule has 18 heavy (non-hydrogen) atoms. The molecular formula is C14H12FNOS. The Bertz CT molecular complexity index is 583. The minimum Gasteiger partial charge on any atom is -0.488 e. The van der Waals surface area contributed by atoms with E-state index in [4.69, 9.17) is 10.5 Å². The fourth-order valence-electron chi connectivity index (χ4n) is 1.42.